The summed E-state index contributed by atoms with van der Waals surface area (Å²) in [6, 6.07) is 18.3. The second kappa shape index (κ2) is 7.40. The van der Waals surface area contributed by atoms with E-state index in [1.807, 2.05) is 37.3 Å². The largest absolute Gasteiger partial charge is 0.494 e. The van der Waals surface area contributed by atoms with Gasteiger partial charge >= 0.3 is 0 Å². The number of aliphatic imine (C=N–C) groups is 1. The number of fused-ring (bicyclic) bond motifs is 1. The Morgan fingerprint density at radius 3 is 2.46 bits per heavy atom. The minimum absolute atomic E-state index is 0.198. The molecule has 2 aromatic heterocycles. The molecule has 0 aliphatic carbocycles. The maximum atomic E-state index is 13.0. The fourth-order valence-electron chi connectivity index (χ4n) is 3.04. The molecule has 0 unspecified atom stereocenters. The van der Waals surface area contributed by atoms with Gasteiger partial charge in [-0.2, -0.15) is 0 Å². The Morgan fingerprint density at radius 1 is 1.04 bits per heavy atom. The molecule has 0 aliphatic rings. The van der Waals surface area contributed by atoms with Crippen LogP contribution in [0.4, 0.5) is 5.69 Å². The van der Waals surface area contributed by atoms with Crippen LogP contribution in [0.2, 0.25) is 0 Å². The Kier molecular flexibility index (Phi) is 4.79. The molecule has 1 N–H and O–H groups in total. The summed E-state index contributed by atoms with van der Waals surface area (Å²) in [5.74, 6) is 0.137. The van der Waals surface area contributed by atoms with E-state index in [0.29, 0.717) is 22.2 Å². The van der Waals surface area contributed by atoms with Crippen molar-refractivity contribution in [3.8, 4) is 11.7 Å². The van der Waals surface area contributed by atoms with Gasteiger partial charge in [0.2, 0.25) is 5.88 Å². The van der Waals surface area contributed by atoms with E-state index in [1.165, 1.54) is 4.57 Å². The van der Waals surface area contributed by atoms with E-state index in [0.717, 1.165) is 15.7 Å². The predicted octanol–water partition coefficient (Wildman–Crippen LogP) is 4.91. The highest BCUT2D eigenvalue weighted by molar-refractivity contribution is 9.10. The first-order valence-corrected chi connectivity index (χ1v) is 9.44. The van der Waals surface area contributed by atoms with Gasteiger partial charge in [0, 0.05) is 27.7 Å². The Balaban J connectivity index is 1.99. The maximum absolute atomic E-state index is 13.0. The van der Waals surface area contributed by atoms with Crippen LogP contribution in [-0.4, -0.2) is 20.9 Å². The molecule has 0 saturated carbocycles. The van der Waals surface area contributed by atoms with Crippen molar-refractivity contribution >= 4 is 38.6 Å². The third-order valence-corrected chi connectivity index (χ3v) is 4.96. The summed E-state index contributed by atoms with van der Waals surface area (Å²) in [6.45, 7) is 1.97. The summed E-state index contributed by atoms with van der Waals surface area (Å²) in [7, 11) is 0. The van der Waals surface area contributed by atoms with E-state index in [1.54, 1.807) is 42.7 Å². The lowest BCUT2D eigenvalue weighted by Crippen LogP contribution is -2.21. The second-order valence-electron chi connectivity index (χ2n) is 6.30. The molecule has 5 nitrogen and oxygen atoms in total. The summed E-state index contributed by atoms with van der Waals surface area (Å²) >= 11 is 3.33. The molecule has 0 fully saturated rings. The average molecular weight is 434 g/mol. The van der Waals surface area contributed by atoms with Crippen LogP contribution in [0.5, 0.6) is 5.88 Å². The third-order valence-electron chi connectivity index (χ3n) is 4.49. The fraction of sp³-hybridized carbons (Fsp3) is 0.0455. The van der Waals surface area contributed by atoms with Gasteiger partial charge in [0.15, 0.2) is 0 Å². The number of pyridine rings is 2. The molecule has 0 aliphatic heterocycles. The molecule has 4 aromatic rings. The number of halogens is 1. The van der Waals surface area contributed by atoms with Gasteiger partial charge in [0.05, 0.1) is 11.3 Å². The lowest BCUT2D eigenvalue weighted by Gasteiger charge is -2.13. The van der Waals surface area contributed by atoms with E-state index in [9.17, 15) is 9.90 Å². The first-order valence-electron chi connectivity index (χ1n) is 8.64. The number of rotatable bonds is 3. The Labute approximate surface area is 169 Å². The molecule has 138 valence electrons. The zero-order chi connectivity index (χ0) is 19.7. The molecule has 6 heteroatoms. The molecular weight excluding hydrogens is 418 g/mol. The first kappa shape index (κ1) is 18.1. The van der Waals surface area contributed by atoms with Crippen LogP contribution in [-0.2, 0) is 0 Å². The normalized spacial score (nSPS) is 11.4. The maximum Gasteiger partial charge on any atom is 0.267 e. The summed E-state index contributed by atoms with van der Waals surface area (Å²) in [5.41, 5.74) is 1.94. The molecule has 0 spiro atoms. The minimum Gasteiger partial charge on any atom is -0.494 e. The van der Waals surface area contributed by atoms with Crippen molar-refractivity contribution in [2.45, 2.75) is 6.92 Å². The molecule has 2 heterocycles. The van der Waals surface area contributed by atoms with Gasteiger partial charge in [-0.15, -0.1) is 0 Å². The third kappa shape index (κ3) is 3.23. The van der Waals surface area contributed by atoms with E-state index < -0.39 is 0 Å². The number of hydrogen-bond acceptors (Lipinski definition) is 4. The monoisotopic (exact) mass is 433 g/mol. The number of aryl methyl sites for hydroxylation is 1. The summed E-state index contributed by atoms with van der Waals surface area (Å²) in [4.78, 5) is 21.8. The number of hydrogen-bond donors (Lipinski definition) is 1. The first-order chi connectivity index (χ1) is 13.6. The van der Waals surface area contributed by atoms with Crippen LogP contribution < -0.4 is 5.56 Å². The zero-order valence-corrected chi connectivity index (χ0v) is 16.6. The molecule has 0 amide bonds. The highest BCUT2D eigenvalue weighted by atomic mass is 79.9. The van der Waals surface area contributed by atoms with Gasteiger partial charge in [-0.25, -0.2) is 9.55 Å². The Bertz CT molecular complexity index is 1260. The van der Waals surface area contributed by atoms with Crippen LogP contribution in [0.15, 0.2) is 81.1 Å². The molecule has 0 atom stereocenters. The standard InChI is InChI=1S/C22H16BrN3O2/c1-14-6-2-5-9-19(14)24-13-18-16-7-3-4-8-17(16)21(27)26(22(18)28)20-11-10-15(23)12-25-20/h2-13,28H,1H3. The number of aromatic nitrogens is 2. The predicted molar refractivity (Wildman–Crippen MR) is 115 cm³/mol. The van der Waals surface area contributed by atoms with Crippen LogP contribution in [0.3, 0.4) is 0 Å². The Hall–Kier alpha value is -3.25. The topological polar surface area (TPSA) is 67.5 Å². The minimum atomic E-state index is -0.337. The molecule has 0 bridgehead atoms. The van der Waals surface area contributed by atoms with E-state index >= 15 is 0 Å². The van der Waals surface area contributed by atoms with Crippen LogP contribution in [0.25, 0.3) is 16.6 Å². The molecule has 2 aromatic carbocycles. The van der Waals surface area contributed by atoms with Gasteiger partial charge in [-0.1, -0.05) is 36.4 Å². The highest BCUT2D eigenvalue weighted by Crippen LogP contribution is 2.27. The van der Waals surface area contributed by atoms with Gasteiger partial charge < -0.3 is 5.11 Å². The molecular formula is C22H16BrN3O2. The second-order valence-corrected chi connectivity index (χ2v) is 7.22. The lowest BCUT2D eigenvalue weighted by atomic mass is 10.1. The van der Waals surface area contributed by atoms with Crippen molar-refractivity contribution in [1.82, 2.24) is 9.55 Å². The zero-order valence-electron chi connectivity index (χ0n) is 15.0. The molecule has 0 radical (unpaired) electrons. The van der Waals surface area contributed by atoms with Gasteiger partial charge in [0.1, 0.15) is 5.82 Å². The van der Waals surface area contributed by atoms with Crippen molar-refractivity contribution in [2.24, 2.45) is 4.99 Å². The SMILES string of the molecule is Cc1ccccc1N=Cc1c(O)n(-c2ccc(Br)cn2)c(=O)c2ccccc12. The Morgan fingerprint density at radius 2 is 1.75 bits per heavy atom. The smallest absolute Gasteiger partial charge is 0.267 e. The van der Waals surface area contributed by atoms with Gasteiger partial charge in [-0.05, 0) is 52.7 Å². The average Bonchev–Trinajstić information content (AvgIpc) is 2.71. The quantitative estimate of drug-likeness (QED) is 0.466. The van der Waals surface area contributed by atoms with Crippen molar-refractivity contribution in [1.29, 1.82) is 0 Å². The van der Waals surface area contributed by atoms with Crippen LogP contribution >= 0.6 is 15.9 Å². The number of nitrogens with zero attached hydrogens (tertiary/aromatic N) is 3. The fourth-order valence-corrected chi connectivity index (χ4v) is 3.28. The van der Waals surface area contributed by atoms with Gasteiger partial charge in [-0.3, -0.25) is 9.79 Å². The molecule has 4 rings (SSSR count). The van der Waals surface area contributed by atoms with Gasteiger partial charge in [0.25, 0.3) is 5.56 Å². The van der Waals surface area contributed by atoms with E-state index in [4.69, 9.17) is 0 Å². The van der Waals surface area contributed by atoms with Crippen molar-refractivity contribution in [3.05, 3.63) is 92.8 Å². The summed E-state index contributed by atoms with van der Waals surface area (Å²) in [5, 5.41) is 12.1. The lowest BCUT2D eigenvalue weighted by molar-refractivity contribution is 0.435. The van der Waals surface area contributed by atoms with E-state index in [2.05, 4.69) is 25.9 Å². The van der Waals surface area contributed by atoms with Crippen molar-refractivity contribution in [2.75, 3.05) is 0 Å². The van der Waals surface area contributed by atoms with Crippen molar-refractivity contribution in [3.63, 3.8) is 0 Å². The van der Waals surface area contributed by atoms with Crippen LogP contribution in [0, 0.1) is 6.92 Å². The summed E-state index contributed by atoms with van der Waals surface area (Å²) in [6.07, 6.45) is 3.17. The molecule has 0 saturated heterocycles. The number of aromatic hydroxyl groups is 1. The number of benzene rings is 2. The van der Waals surface area contributed by atoms with Crippen LogP contribution in [0.1, 0.15) is 11.1 Å². The summed E-state index contributed by atoms with van der Waals surface area (Å²) < 4.78 is 1.99. The number of para-hydroxylation sites is 1. The van der Waals surface area contributed by atoms with Crippen molar-refractivity contribution < 1.29 is 5.11 Å². The highest BCUT2D eigenvalue weighted by Gasteiger charge is 2.17. The molecule has 28 heavy (non-hydrogen) atoms. The van der Waals surface area contributed by atoms with E-state index in [-0.39, 0.29) is 11.4 Å².